The van der Waals surface area contributed by atoms with Gasteiger partial charge in [0.15, 0.2) is 0 Å². The first-order valence-electron chi connectivity index (χ1n) is 7.22. The zero-order valence-corrected chi connectivity index (χ0v) is 11.8. The molecule has 0 aromatic carbocycles. The molecular weight excluding hydrogens is 228 g/mol. The van der Waals surface area contributed by atoms with E-state index in [1.54, 1.807) is 7.11 Å². The van der Waals surface area contributed by atoms with Gasteiger partial charge in [0, 0.05) is 19.8 Å². The maximum Gasteiger partial charge on any atom is 0.237 e. The van der Waals surface area contributed by atoms with Crippen LogP contribution < -0.4 is 11.1 Å². The number of methoxy groups -OCH3 is 1. The van der Waals surface area contributed by atoms with Crippen molar-refractivity contribution in [2.45, 2.75) is 64.0 Å². The van der Waals surface area contributed by atoms with Gasteiger partial charge in [0.05, 0.1) is 6.04 Å². The Morgan fingerprint density at radius 2 is 2.06 bits per heavy atom. The fourth-order valence-corrected chi connectivity index (χ4v) is 2.69. The van der Waals surface area contributed by atoms with E-state index in [4.69, 9.17) is 10.5 Å². The van der Waals surface area contributed by atoms with E-state index in [2.05, 4.69) is 12.2 Å². The van der Waals surface area contributed by atoms with Crippen LogP contribution in [0.15, 0.2) is 0 Å². The number of nitrogens with two attached hydrogens (primary N) is 1. The van der Waals surface area contributed by atoms with Crippen molar-refractivity contribution >= 4 is 5.91 Å². The molecule has 1 saturated carbocycles. The van der Waals surface area contributed by atoms with E-state index in [0.717, 1.165) is 18.8 Å². The Morgan fingerprint density at radius 3 is 2.61 bits per heavy atom. The number of nitrogens with one attached hydrogen (secondary N) is 1. The quantitative estimate of drug-likeness (QED) is 0.730. The summed E-state index contributed by atoms with van der Waals surface area (Å²) in [5, 5.41) is 3.07. The highest BCUT2D eigenvalue weighted by atomic mass is 16.5. The molecule has 0 spiro atoms. The fraction of sp³-hybridized carbons (Fsp3) is 0.929. The lowest BCUT2D eigenvalue weighted by Crippen LogP contribution is -2.46. The third kappa shape index (κ3) is 5.36. The first-order chi connectivity index (χ1) is 8.67. The van der Waals surface area contributed by atoms with Gasteiger partial charge in [-0.15, -0.1) is 0 Å². The highest BCUT2D eigenvalue weighted by Crippen LogP contribution is 2.27. The summed E-state index contributed by atoms with van der Waals surface area (Å²) >= 11 is 0. The Bertz CT molecular complexity index is 238. The second-order valence-electron chi connectivity index (χ2n) is 5.40. The summed E-state index contributed by atoms with van der Waals surface area (Å²) in [6, 6.07) is -0.0995. The summed E-state index contributed by atoms with van der Waals surface area (Å²) in [6.45, 7) is 2.78. The molecule has 0 aromatic heterocycles. The van der Waals surface area contributed by atoms with Crippen LogP contribution in [0.3, 0.4) is 0 Å². The van der Waals surface area contributed by atoms with Gasteiger partial charge in [-0.3, -0.25) is 4.79 Å². The van der Waals surface area contributed by atoms with Gasteiger partial charge < -0.3 is 15.8 Å². The molecule has 4 nitrogen and oxygen atoms in total. The number of amides is 1. The van der Waals surface area contributed by atoms with Crippen LogP contribution in [0, 0.1) is 5.92 Å². The van der Waals surface area contributed by atoms with Crippen LogP contribution in [0.25, 0.3) is 0 Å². The smallest absolute Gasteiger partial charge is 0.237 e. The molecule has 0 saturated heterocycles. The number of ether oxygens (including phenoxy) is 1. The molecule has 1 rings (SSSR count). The second-order valence-corrected chi connectivity index (χ2v) is 5.40. The molecule has 0 radical (unpaired) electrons. The topological polar surface area (TPSA) is 64.4 Å². The van der Waals surface area contributed by atoms with Gasteiger partial charge in [-0.05, 0) is 38.0 Å². The van der Waals surface area contributed by atoms with Crippen LogP contribution in [0.1, 0.15) is 51.9 Å². The number of carbonyl (C=O) groups is 1. The summed E-state index contributed by atoms with van der Waals surface area (Å²) < 4.78 is 4.93. The van der Waals surface area contributed by atoms with Crippen molar-refractivity contribution in [3.05, 3.63) is 0 Å². The maximum atomic E-state index is 11.8. The number of hydrogen-bond donors (Lipinski definition) is 2. The molecule has 0 bridgehead atoms. The number of carbonyl (C=O) groups excluding carboxylic acids is 1. The van der Waals surface area contributed by atoms with Gasteiger partial charge in [-0.25, -0.2) is 0 Å². The predicted molar refractivity (Wildman–Crippen MR) is 73.3 cm³/mol. The third-order valence-corrected chi connectivity index (χ3v) is 3.86. The molecule has 1 aliphatic rings. The van der Waals surface area contributed by atoms with Crippen molar-refractivity contribution in [2.24, 2.45) is 11.7 Å². The highest BCUT2D eigenvalue weighted by Gasteiger charge is 2.23. The van der Waals surface area contributed by atoms with Crippen LogP contribution in [0.5, 0.6) is 0 Å². The standard InChI is InChI=1S/C14H28N2O2/c1-3-4-11-5-7-12(8-6-11)16-14(17)13(15)9-10-18-2/h11-13H,3-10,15H2,1-2H3,(H,16,17). The lowest BCUT2D eigenvalue weighted by Gasteiger charge is -2.29. The molecule has 4 heteroatoms. The van der Waals surface area contributed by atoms with Gasteiger partial charge in [0.1, 0.15) is 0 Å². The Labute approximate surface area is 111 Å². The summed E-state index contributed by atoms with van der Waals surface area (Å²) in [5.41, 5.74) is 5.80. The minimum atomic E-state index is -0.432. The SMILES string of the molecule is CCCC1CCC(NC(=O)C(N)CCOC)CC1. The highest BCUT2D eigenvalue weighted by molar-refractivity contribution is 5.81. The minimum absolute atomic E-state index is 0.0222. The van der Waals surface area contributed by atoms with Crippen molar-refractivity contribution in [3.8, 4) is 0 Å². The normalized spacial score (nSPS) is 25.7. The molecule has 1 amide bonds. The molecular formula is C14H28N2O2. The molecule has 1 atom stereocenters. The van der Waals surface area contributed by atoms with E-state index in [1.807, 2.05) is 0 Å². The summed E-state index contributed by atoms with van der Waals surface area (Å²) in [7, 11) is 1.62. The third-order valence-electron chi connectivity index (χ3n) is 3.86. The van der Waals surface area contributed by atoms with Crippen LogP contribution in [-0.4, -0.2) is 31.7 Å². The molecule has 0 aliphatic heterocycles. The first kappa shape index (κ1) is 15.4. The van der Waals surface area contributed by atoms with Gasteiger partial charge >= 0.3 is 0 Å². The van der Waals surface area contributed by atoms with Crippen LogP contribution in [0.4, 0.5) is 0 Å². The molecule has 1 unspecified atom stereocenters. The maximum absolute atomic E-state index is 11.8. The van der Waals surface area contributed by atoms with E-state index < -0.39 is 6.04 Å². The Hall–Kier alpha value is -0.610. The summed E-state index contributed by atoms with van der Waals surface area (Å²) in [5.74, 6) is 0.844. The lowest BCUT2D eigenvalue weighted by atomic mass is 9.83. The van der Waals surface area contributed by atoms with Gasteiger partial charge in [0.2, 0.25) is 5.91 Å². The first-order valence-corrected chi connectivity index (χ1v) is 7.22. The van der Waals surface area contributed by atoms with Crippen LogP contribution >= 0.6 is 0 Å². The van der Waals surface area contributed by atoms with Crippen molar-refractivity contribution in [3.63, 3.8) is 0 Å². The molecule has 0 aromatic rings. The van der Waals surface area contributed by atoms with E-state index >= 15 is 0 Å². The summed E-state index contributed by atoms with van der Waals surface area (Å²) in [6.07, 6.45) is 7.88. The van der Waals surface area contributed by atoms with E-state index in [1.165, 1.54) is 25.7 Å². The van der Waals surface area contributed by atoms with Crippen LogP contribution in [-0.2, 0) is 9.53 Å². The van der Waals surface area contributed by atoms with Crippen LogP contribution in [0.2, 0.25) is 0 Å². The zero-order chi connectivity index (χ0) is 13.4. The Balaban J connectivity index is 2.21. The van der Waals surface area contributed by atoms with Gasteiger partial charge in [0.25, 0.3) is 0 Å². The Morgan fingerprint density at radius 1 is 1.39 bits per heavy atom. The molecule has 0 heterocycles. The minimum Gasteiger partial charge on any atom is -0.385 e. The summed E-state index contributed by atoms with van der Waals surface area (Å²) in [4.78, 5) is 11.8. The molecule has 1 fully saturated rings. The van der Waals surface area contributed by atoms with E-state index in [0.29, 0.717) is 19.1 Å². The molecule has 18 heavy (non-hydrogen) atoms. The zero-order valence-electron chi connectivity index (χ0n) is 11.8. The molecule has 106 valence electrons. The van der Waals surface area contributed by atoms with E-state index in [-0.39, 0.29) is 5.91 Å². The second kappa shape index (κ2) is 8.48. The molecule has 1 aliphatic carbocycles. The monoisotopic (exact) mass is 256 g/mol. The predicted octanol–water partition coefficient (Wildman–Crippen LogP) is 1.83. The number of rotatable bonds is 7. The average Bonchev–Trinajstić information content (AvgIpc) is 2.38. The van der Waals surface area contributed by atoms with Crippen molar-refractivity contribution in [1.29, 1.82) is 0 Å². The van der Waals surface area contributed by atoms with Crippen molar-refractivity contribution in [2.75, 3.05) is 13.7 Å². The average molecular weight is 256 g/mol. The lowest BCUT2D eigenvalue weighted by molar-refractivity contribution is -0.123. The number of hydrogen-bond acceptors (Lipinski definition) is 3. The largest absolute Gasteiger partial charge is 0.385 e. The fourth-order valence-electron chi connectivity index (χ4n) is 2.69. The van der Waals surface area contributed by atoms with Gasteiger partial charge in [-0.1, -0.05) is 19.8 Å². The van der Waals surface area contributed by atoms with E-state index in [9.17, 15) is 4.79 Å². The molecule has 3 N–H and O–H groups in total. The Kier molecular flexibility index (Phi) is 7.28. The van der Waals surface area contributed by atoms with Crippen molar-refractivity contribution in [1.82, 2.24) is 5.32 Å². The van der Waals surface area contributed by atoms with Gasteiger partial charge in [-0.2, -0.15) is 0 Å². The van der Waals surface area contributed by atoms with Crippen molar-refractivity contribution < 1.29 is 9.53 Å².